The molecular weight excluding hydrogens is 328 g/mol. The molecule has 1 aliphatic heterocycles. The number of hydrogen-bond acceptors (Lipinski definition) is 3. The van der Waals surface area contributed by atoms with E-state index >= 15 is 0 Å². The van der Waals surface area contributed by atoms with E-state index in [1.807, 2.05) is 12.1 Å². The quantitative estimate of drug-likeness (QED) is 0.849. The van der Waals surface area contributed by atoms with Gasteiger partial charge in [-0.25, -0.2) is 0 Å². The molecule has 1 aromatic rings. The first-order chi connectivity index (χ1) is 12.6. The highest BCUT2D eigenvalue weighted by molar-refractivity contribution is 5.96. The Morgan fingerprint density at radius 1 is 1.00 bits per heavy atom. The van der Waals surface area contributed by atoms with Crippen LogP contribution in [0, 0.1) is 23.7 Å². The van der Waals surface area contributed by atoms with Crippen LogP contribution in [0.2, 0.25) is 0 Å². The van der Waals surface area contributed by atoms with Gasteiger partial charge in [-0.05, 0) is 74.7 Å². The second-order valence-corrected chi connectivity index (χ2v) is 8.25. The maximum Gasteiger partial charge on any atom is 0.307 e. The Kier molecular flexibility index (Phi) is 4.98. The van der Waals surface area contributed by atoms with Gasteiger partial charge in [-0.3, -0.25) is 14.5 Å². The number of fused-ring (bicyclic) bond motifs is 2. The number of amides is 1. The van der Waals surface area contributed by atoms with Gasteiger partial charge in [0.1, 0.15) is 0 Å². The Bertz CT molecular complexity index is 666. The summed E-state index contributed by atoms with van der Waals surface area (Å²) in [5.74, 6) is -1.39. The number of rotatable bonds is 5. The fourth-order valence-electron chi connectivity index (χ4n) is 5.32. The van der Waals surface area contributed by atoms with Crippen molar-refractivity contribution in [2.45, 2.75) is 45.1 Å². The molecular formula is C21H28N2O3. The van der Waals surface area contributed by atoms with Crippen LogP contribution in [0.4, 0.5) is 5.69 Å². The van der Waals surface area contributed by atoms with E-state index in [0.29, 0.717) is 0 Å². The summed E-state index contributed by atoms with van der Waals surface area (Å²) in [6, 6.07) is 8.03. The molecule has 1 saturated heterocycles. The van der Waals surface area contributed by atoms with Crippen molar-refractivity contribution in [1.82, 2.24) is 4.90 Å². The van der Waals surface area contributed by atoms with E-state index in [0.717, 1.165) is 31.5 Å². The lowest BCUT2D eigenvalue weighted by Crippen LogP contribution is -2.37. The van der Waals surface area contributed by atoms with Crippen molar-refractivity contribution in [2.75, 3.05) is 18.4 Å². The van der Waals surface area contributed by atoms with E-state index in [4.69, 9.17) is 0 Å². The van der Waals surface area contributed by atoms with Crippen LogP contribution in [-0.2, 0) is 16.1 Å². The Balaban J connectivity index is 1.37. The molecule has 5 nitrogen and oxygen atoms in total. The number of benzene rings is 1. The largest absolute Gasteiger partial charge is 0.481 e. The van der Waals surface area contributed by atoms with Gasteiger partial charge in [-0.1, -0.05) is 18.6 Å². The molecule has 0 radical (unpaired) electrons. The molecule has 0 spiro atoms. The van der Waals surface area contributed by atoms with E-state index in [1.165, 1.54) is 37.9 Å². The monoisotopic (exact) mass is 356 g/mol. The fraction of sp³-hybridized carbons (Fsp3) is 0.619. The molecule has 2 bridgehead atoms. The van der Waals surface area contributed by atoms with Crippen LogP contribution >= 0.6 is 0 Å². The van der Waals surface area contributed by atoms with Gasteiger partial charge in [0.15, 0.2) is 0 Å². The summed E-state index contributed by atoms with van der Waals surface area (Å²) < 4.78 is 0. The van der Waals surface area contributed by atoms with Crippen LogP contribution in [0.15, 0.2) is 24.3 Å². The molecule has 4 rings (SSSR count). The topological polar surface area (TPSA) is 69.6 Å². The predicted octanol–water partition coefficient (Wildman–Crippen LogP) is 3.36. The van der Waals surface area contributed by atoms with Crippen LogP contribution in [0.1, 0.15) is 44.1 Å². The van der Waals surface area contributed by atoms with Crippen LogP contribution in [0.5, 0.6) is 0 Å². The number of carbonyl (C=O) groups excluding carboxylic acids is 1. The van der Waals surface area contributed by atoms with Crippen molar-refractivity contribution in [1.29, 1.82) is 0 Å². The molecule has 0 unspecified atom stereocenters. The summed E-state index contributed by atoms with van der Waals surface area (Å²) in [6.45, 7) is 3.29. The normalized spacial score (nSPS) is 31.1. The average molecular weight is 356 g/mol. The fourth-order valence-corrected chi connectivity index (χ4v) is 5.32. The summed E-state index contributed by atoms with van der Waals surface area (Å²) >= 11 is 0. The molecule has 2 N–H and O–H groups in total. The highest BCUT2D eigenvalue weighted by Gasteiger charge is 2.53. The maximum absolute atomic E-state index is 12.7. The van der Waals surface area contributed by atoms with Crippen molar-refractivity contribution in [3.63, 3.8) is 0 Å². The molecule has 4 atom stereocenters. The molecule has 5 heteroatoms. The molecule has 1 amide bonds. The van der Waals surface area contributed by atoms with Crippen molar-refractivity contribution in [2.24, 2.45) is 23.7 Å². The molecule has 0 aromatic heterocycles. The van der Waals surface area contributed by atoms with E-state index in [-0.39, 0.29) is 23.7 Å². The lowest BCUT2D eigenvalue weighted by Gasteiger charge is -2.27. The Hall–Kier alpha value is -1.88. The van der Waals surface area contributed by atoms with Crippen LogP contribution in [0.25, 0.3) is 0 Å². The van der Waals surface area contributed by atoms with E-state index < -0.39 is 11.9 Å². The SMILES string of the molecule is O=C(O)[C@@H]1[C@@H]2CC[C@@H](C2)[C@@H]1C(=O)Nc1ccc(CN2CCCCC2)cc1. The number of nitrogens with zero attached hydrogens (tertiary/aromatic N) is 1. The molecule has 1 heterocycles. The van der Waals surface area contributed by atoms with Gasteiger partial charge in [0, 0.05) is 12.2 Å². The number of piperidine rings is 1. The number of likely N-dealkylation sites (tertiary alicyclic amines) is 1. The summed E-state index contributed by atoms with van der Waals surface area (Å²) in [4.78, 5) is 26.8. The second kappa shape index (κ2) is 7.39. The Morgan fingerprint density at radius 2 is 1.65 bits per heavy atom. The minimum atomic E-state index is -0.811. The third kappa shape index (κ3) is 3.50. The third-order valence-corrected chi connectivity index (χ3v) is 6.58. The smallest absolute Gasteiger partial charge is 0.307 e. The number of nitrogens with one attached hydrogen (secondary N) is 1. The first-order valence-electron chi connectivity index (χ1n) is 9.97. The van der Waals surface area contributed by atoms with E-state index in [2.05, 4.69) is 22.3 Å². The van der Waals surface area contributed by atoms with Gasteiger partial charge in [-0.2, -0.15) is 0 Å². The van der Waals surface area contributed by atoms with Crippen molar-refractivity contribution in [3.8, 4) is 0 Å². The molecule has 3 aliphatic rings. The molecule has 3 fully saturated rings. The summed E-state index contributed by atoms with van der Waals surface area (Å²) in [6.07, 6.45) is 6.73. The van der Waals surface area contributed by atoms with Crippen LogP contribution in [-0.4, -0.2) is 35.0 Å². The zero-order valence-electron chi connectivity index (χ0n) is 15.2. The van der Waals surface area contributed by atoms with E-state index in [1.54, 1.807) is 0 Å². The van der Waals surface area contributed by atoms with Crippen LogP contribution < -0.4 is 5.32 Å². The number of carboxylic acid groups (broad SMARTS) is 1. The van der Waals surface area contributed by atoms with Gasteiger partial charge in [0.25, 0.3) is 0 Å². The lowest BCUT2D eigenvalue weighted by atomic mass is 9.78. The van der Waals surface area contributed by atoms with Crippen LogP contribution in [0.3, 0.4) is 0 Å². The van der Waals surface area contributed by atoms with Gasteiger partial charge in [0.05, 0.1) is 11.8 Å². The van der Waals surface area contributed by atoms with Gasteiger partial charge in [-0.15, -0.1) is 0 Å². The zero-order valence-corrected chi connectivity index (χ0v) is 15.2. The number of anilines is 1. The highest BCUT2D eigenvalue weighted by atomic mass is 16.4. The molecule has 2 aliphatic carbocycles. The average Bonchev–Trinajstić information content (AvgIpc) is 3.25. The minimum Gasteiger partial charge on any atom is -0.481 e. The van der Waals surface area contributed by atoms with Gasteiger partial charge >= 0.3 is 5.97 Å². The number of hydrogen-bond donors (Lipinski definition) is 2. The standard InChI is InChI=1S/C21H28N2O3/c24-20(18-15-6-7-16(12-15)19(18)21(25)26)22-17-8-4-14(5-9-17)13-23-10-2-1-3-11-23/h4-5,8-9,15-16,18-19H,1-3,6-7,10-13H2,(H,22,24)(H,25,26)/t15-,16+,18-,19+/m0/s1. The summed E-state index contributed by atoms with van der Waals surface area (Å²) in [7, 11) is 0. The molecule has 140 valence electrons. The lowest BCUT2D eigenvalue weighted by molar-refractivity contribution is -0.148. The van der Waals surface area contributed by atoms with Crippen molar-refractivity contribution in [3.05, 3.63) is 29.8 Å². The summed E-state index contributed by atoms with van der Waals surface area (Å²) in [5, 5.41) is 12.5. The number of carbonyl (C=O) groups is 2. The second-order valence-electron chi connectivity index (χ2n) is 8.25. The summed E-state index contributed by atoms with van der Waals surface area (Å²) in [5.41, 5.74) is 2.03. The molecule has 2 saturated carbocycles. The molecule has 1 aromatic carbocycles. The highest BCUT2D eigenvalue weighted by Crippen LogP contribution is 2.52. The predicted molar refractivity (Wildman–Crippen MR) is 99.6 cm³/mol. The van der Waals surface area contributed by atoms with Crippen molar-refractivity contribution >= 4 is 17.6 Å². The molecule has 26 heavy (non-hydrogen) atoms. The van der Waals surface area contributed by atoms with E-state index in [9.17, 15) is 14.7 Å². The first-order valence-corrected chi connectivity index (χ1v) is 9.97. The third-order valence-electron chi connectivity index (χ3n) is 6.58. The van der Waals surface area contributed by atoms with Crippen molar-refractivity contribution < 1.29 is 14.7 Å². The number of aliphatic carboxylic acids is 1. The Labute approximate surface area is 154 Å². The number of carboxylic acids is 1. The maximum atomic E-state index is 12.7. The van der Waals surface area contributed by atoms with Gasteiger partial charge in [0.2, 0.25) is 5.91 Å². The first kappa shape index (κ1) is 17.5. The Morgan fingerprint density at radius 3 is 2.31 bits per heavy atom. The van der Waals surface area contributed by atoms with Gasteiger partial charge < -0.3 is 10.4 Å². The zero-order chi connectivity index (χ0) is 18.1. The minimum absolute atomic E-state index is 0.117.